The minimum Gasteiger partial charge on any atom is -0.356 e. The minimum absolute atomic E-state index is 0.0150. The maximum Gasteiger partial charge on any atom is 0.274 e. The quantitative estimate of drug-likeness (QED) is 0.689. The highest BCUT2D eigenvalue weighted by Crippen LogP contribution is 2.25. The van der Waals surface area contributed by atoms with Crippen molar-refractivity contribution in [2.75, 3.05) is 23.3 Å². The number of hydrogen-bond acceptors (Lipinski definition) is 5. The van der Waals surface area contributed by atoms with E-state index < -0.39 is 4.92 Å². The fraction of sp³-hybridized carbons (Fsp3) is 0.294. The number of nitro benzene ring substituents is 1. The highest BCUT2D eigenvalue weighted by Gasteiger charge is 2.21. The van der Waals surface area contributed by atoms with E-state index in [1.165, 1.54) is 6.07 Å². The van der Waals surface area contributed by atoms with Crippen LogP contribution in [0.1, 0.15) is 28.8 Å². The summed E-state index contributed by atoms with van der Waals surface area (Å²) in [6.45, 7) is 3.43. The topological polar surface area (TPSA) is 88.4 Å². The van der Waals surface area contributed by atoms with Gasteiger partial charge < -0.3 is 10.2 Å². The van der Waals surface area contributed by atoms with Gasteiger partial charge in [0.25, 0.3) is 11.6 Å². The molecule has 0 bridgehead atoms. The van der Waals surface area contributed by atoms with Gasteiger partial charge in [-0.15, -0.1) is 0 Å². The van der Waals surface area contributed by atoms with Gasteiger partial charge in [-0.1, -0.05) is 6.07 Å². The average Bonchev–Trinajstić information content (AvgIpc) is 3.10. The van der Waals surface area contributed by atoms with Gasteiger partial charge >= 0.3 is 0 Å². The Hall–Kier alpha value is -2.96. The molecular formula is C17H18N4O3. The van der Waals surface area contributed by atoms with Crippen molar-refractivity contribution in [1.29, 1.82) is 0 Å². The second kappa shape index (κ2) is 6.66. The van der Waals surface area contributed by atoms with Gasteiger partial charge in [-0.3, -0.25) is 14.9 Å². The van der Waals surface area contributed by atoms with Crippen molar-refractivity contribution >= 4 is 23.1 Å². The molecule has 1 aromatic carbocycles. The van der Waals surface area contributed by atoms with Gasteiger partial charge in [-0.25, -0.2) is 4.98 Å². The predicted molar refractivity (Wildman–Crippen MR) is 91.5 cm³/mol. The average molecular weight is 326 g/mol. The van der Waals surface area contributed by atoms with Gasteiger partial charge in [0, 0.05) is 36.6 Å². The summed E-state index contributed by atoms with van der Waals surface area (Å²) in [4.78, 5) is 29.6. The van der Waals surface area contributed by atoms with Crippen molar-refractivity contribution in [3.05, 3.63) is 57.8 Å². The van der Waals surface area contributed by atoms with Gasteiger partial charge in [0.15, 0.2) is 0 Å². The van der Waals surface area contributed by atoms with E-state index in [1.54, 1.807) is 37.4 Å². The van der Waals surface area contributed by atoms with Crippen LogP contribution in [0.3, 0.4) is 0 Å². The van der Waals surface area contributed by atoms with E-state index in [0.717, 1.165) is 25.9 Å². The Morgan fingerprint density at radius 3 is 2.75 bits per heavy atom. The highest BCUT2D eigenvalue weighted by atomic mass is 16.6. The second-order valence-corrected chi connectivity index (χ2v) is 5.78. The smallest absolute Gasteiger partial charge is 0.274 e. The van der Waals surface area contributed by atoms with Crippen LogP contribution in [0.2, 0.25) is 0 Å². The molecule has 24 heavy (non-hydrogen) atoms. The number of anilines is 2. The standard InChI is InChI=1S/C17H18N4O3/c1-12-6-7-13(11-15(12)21(23)24)19-17(22)14-5-4-8-18-16(14)20-9-2-3-10-20/h4-8,11H,2-3,9-10H2,1H3,(H,19,22). The monoisotopic (exact) mass is 326 g/mol. The van der Waals surface area contributed by atoms with Crippen LogP contribution in [0.25, 0.3) is 0 Å². The number of nitro groups is 1. The molecule has 0 aliphatic carbocycles. The first-order valence-electron chi connectivity index (χ1n) is 7.82. The maximum atomic E-state index is 12.6. The summed E-state index contributed by atoms with van der Waals surface area (Å²) in [5, 5.41) is 13.8. The number of pyridine rings is 1. The molecular weight excluding hydrogens is 308 g/mol. The molecule has 2 heterocycles. The molecule has 0 unspecified atom stereocenters. The lowest BCUT2D eigenvalue weighted by Crippen LogP contribution is -2.24. The molecule has 124 valence electrons. The zero-order valence-electron chi connectivity index (χ0n) is 13.4. The molecule has 1 N–H and O–H groups in total. The lowest BCUT2D eigenvalue weighted by Gasteiger charge is -2.19. The Bertz CT molecular complexity index is 785. The Kier molecular flexibility index (Phi) is 4.41. The Morgan fingerprint density at radius 1 is 1.29 bits per heavy atom. The van der Waals surface area contributed by atoms with Crippen LogP contribution in [0, 0.1) is 17.0 Å². The summed E-state index contributed by atoms with van der Waals surface area (Å²) in [6.07, 6.45) is 3.84. The van der Waals surface area contributed by atoms with E-state index in [2.05, 4.69) is 15.2 Å². The number of nitrogens with one attached hydrogen (secondary N) is 1. The number of benzene rings is 1. The number of aromatic nitrogens is 1. The molecule has 1 aliphatic rings. The van der Waals surface area contributed by atoms with Crippen LogP contribution in [0.4, 0.5) is 17.2 Å². The van der Waals surface area contributed by atoms with Gasteiger partial charge in [-0.05, 0) is 38.0 Å². The van der Waals surface area contributed by atoms with E-state index in [9.17, 15) is 14.9 Å². The zero-order chi connectivity index (χ0) is 17.1. The molecule has 0 atom stereocenters. The number of carbonyl (C=O) groups excluding carboxylic acids is 1. The Morgan fingerprint density at radius 2 is 2.04 bits per heavy atom. The molecule has 3 rings (SSSR count). The SMILES string of the molecule is Cc1ccc(NC(=O)c2cccnc2N2CCCC2)cc1[N+](=O)[O-]. The number of carbonyl (C=O) groups is 1. The fourth-order valence-corrected chi connectivity index (χ4v) is 2.84. The molecule has 1 saturated heterocycles. The summed E-state index contributed by atoms with van der Waals surface area (Å²) in [6, 6.07) is 8.09. The van der Waals surface area contributed by atoms with Gasteiger partial charge in [0.1, 0.15) is 5.82 Å². The number of hydrogen-bond donors (Lipinski definition) is 1. The summed E-state index contributed by atoms with van der Waals surface area (Å²) in [7, 11) is 0. The van der Waals surface area contributed by atoms with E-state index in [0.29, 0.717) is 22.6 Å². The third-order valence-electron chi connectivity index (χ3n) is 4.10. The van der Waals surface area contributed by atoms with Crippen molar-refractivity contribution in [1.82, 2.24) is 4.98 Å². The predicted octanol–water partition coefficient (Wildman–Crippen LogP) is 3.15. The first kappa shape index (κ1) is 15.9. The van der Waals surface area contributed by atoms with Crippen molar-refractivity contribution in [2.45, 2.75) is 19.8 Å². The molecule has 1 aromatic heterocycles. The lowest BCUT2D eigenvalue weighted by atomic mass is 10.1. The highest BCUT2D eigenvalue weighted by molar-refractivity contribution is 6.07. The first-order valence-corrected chi connectivity index (χ1v) is 7.82. The number of aryl methyl sites for hydroxylation is 1. The Balaban J connectivity index is 1.86. The number of amides is 1. The third kappa shape index (κ3) is 3.19. The van der Waals surface area contributed by atoms with Crippen LogP contribution in [0.5, 0.6) is 0 Å². The molecule has 7 heteroatoms. The fourth-order valence-electron chi connectivity index (χ4n) is 2.84. The van der Waals surface area contributed by atoms with E-state index in [1.807, 2.05) is 0 Å². The largest absolute Gasteiger partial charge is 0.356 e. The molecule has 0 radical (unpaired) electrons. The Labute approximate surface area is 139 Å². The summed E-state index contributed by atoms with van der Waals surface area (Å²) >= 11 is 0. The molecule has 7 nitrogen and oxygen atoms in total. The van der Waals surface area contributed by atoms with E-state index in [4.69, 9.17) is 0 Å². The van der Waals surface area contributed by atoms with Crippen molar-refractivity contribution < 1.29 is 9.72 Å². The molecule has 0 saturated carbocycles. The van der Waals surface area contributed by atoms with Gasteiger partial charge in [-0.2, -0.15) is 0 Å². The first-order chi connectivity index (χ1) is 11.6. The third-order valence-corrected chi connectivity index (χ3v) is 4.10. The van der Waals surface area contributed by atoms with E-state index >= 15 is 0 Å². The van der Waals surface area contributed by atoms with Crippen molar-refractivity contribution in [3.8, 4) is 0 Å². The normalized spacial score (nSPS) is 13.8. The van der Waals surface area contributed by atoms with Gasteiger partial charge in [0.05, 0.1) is 10.5 Å². The summed E-state index contributed by atoms with van der Waals surface area (Å²) < 4.78 is 0. The van der Waals surface area contributed by atoms with Crippen LogP contribution in [-0.2, 0) is 0 Å². The maximum absolute atomic E-state index is 12.6. The van der Waals surface area contributed by atoms with Crippen LogP contribution in [0.15, 0.2) is 36.5 Å². The van der Waals surface area contributed by atoms with Crippen LogP contribution in [-0.4, -0.2) is 28.9 Å². The molecule has 1 aliphatic heterocycles. The molecule has 0 spiro atoms. The van der Waals surface area contributed by atoms with Crippen molar-refractivity contribution in [3.63, 3.8) is 0 Å². The van der Waals surface area contributed by atoms with Crippen molar-refractivity contribution in [2.24, 2.45) is 0 Å². The van der Waals surface area contributed by atoms with Crippen LogP contribution >= 0.6 is 0 Å². The van der Waals surface area contributed by atoms with Gasteiger partial charge in [0.2, 0.25) is 0 Å². The summed E-state index contributed by atoms with van der Waals surface area (Å²) in [5.74, 6) is 0.345. The summed E-state index contributed by atoms with van der Waals surface area (Å²) in [5.41, 5.74) is 1.41. The second-order valence-electron chi connectivity index (χ2n) is 5.78. The zero-order valence-corrected chi connectivity index (χ0v) is 13.4. The minimum atomic E-state index is -0.454. The lowest BCUT2D eigenvalue weighted by molar-refractivity contribution is -0.385. The van der Waals surface area contributed by atoms with Crippen LogP contribution < -0.4 is 10.2 Å². The molecule has 1 amide bonds. The number of rotatable bonds is 4. The number of nitrogens with zero attached hydrogens (tertiary/aromatic N) is 3. The molecule has 2 aromatic rings. The van der Waals surface area contributed by atoms with E-state index in [-0.39, 0.29) is 11.6 Å². The molecule has 1 fully saturated rings.